The fourth-order valence-corrected chi connectivity index (χ4v) is 6.07. The molecular weight excluding hydrogens is 450 g/mol. The van der Waals surface area contributed by atoms with Crippen LogP contribution in [0.25, 0.3) is 11.1 Å². The van der Waals surface area contributed by atoms with Crippen LogP contribution >= 0.6 is 0 Å². The highest BCUT2D eigenvalue weighted by Crippen LogP contribution is 2.31. The van der Waals surface area contributed by atoms with E-state index in [1.54, 1.807) is 81.2 Å². The average Bonchev–Trinajstić information content (AvgIpc) is 3.27. The number of nitrogens with zero attached hydrogens (tertiary/aromatic N) is 1. The molecule has 2 unspecified atom stereocenters. The van der Waals surface area contributed by atoms with Crippen LogP contribution in [-0.4, -0.2) is 50.3 Å². The van der Waals surface area contributed by atoms with Gasteiger partial charge in [-0.3, -0.25) is 9.59 Å². The van der Waals surface area contributed by atoms with Gasteiger partial charge in [-0.05, 0) is 70.7 Å². The van der Waals surface area contributed by atoms with Crippen LogP contribution in [0.3, 0.4) is 0 Å². The van der Waals surface area contributed by atoms with Crippen molar-refractivity contribution in [1.82, 2.24) is 14.9 Å². The Bertz CT molecular complexity index is 1140. The first-order valence-electron chi connectivity index (χ1n) is 11.7. The highest BCUT2D eigenvalue weighted by molar-refractivity contribution is 7.89. The monoisotopic (exact) mass is 485 g/mol. The van der Waals surface area contributed by atoms with Crippen molar-refractivity contribution >= 4 is 21.8 Å². The molecule has 0 aliphatic heterocycles. The molecule has 2 aromatic carbocycles. The van der Waals surface area contributed by atoms with Gasteiger partial charge in [-0.25, -0.2) is 13.1 Å². The summed E-state index contributed by atoms with van der Waals surface area (Å²) in [5.74, 6) is -0.101. The summed E-state index contributed by atoms with van der Waals surface area (Å²) in [7, 11) is -1.94. The molecule has 8 heteroatoms. The van der Waals surface area contributed by atoms with Gasteiger partial charge in [0, 0.05) is 42.2 Å². The Kier molecular flexibility index (Phi) is 7.83. The van der Waals surface area contributed by atoms with Gasteiger partial charge in [0.2, 0.25) is 15.9 Å². The number of nitrogens with one attached hydrogen (secondary N) is 2. The van der Waals surface area contributed by atoms with E-state index in [0.717, 1.165) is 12.8 Å². The van der Waals surface area contributed by atoms with E-state index in [1.807, 2.05) is 6.92 Å². The van der Waals surface area contributed by atoms with Crippen LogP contribution in [0.15, 0.2) is 53.4 Å². The molecule has 34 heavy (non-hydrogen) atoms. The van der Waals surface area contributed by atoms with E-state index in [9.17, 15) is 18.0 Å². The van der Waals surface area contributed by atoms with E-state index in [4.69, 9.17) is 0 Å². The number of hydrogen-bond acceptors (Lipinski definition) is 4. The van der Waals surface area contributed by atoms with Crippen molar-refractivity contribution < 1.29 is 18.0 Å². The number of amides is 2. The molecular formula is C26H35N3O4S. The fourth-order valence-electron chi connectivity index (χ4n) is 4.43. The molecule has 0 saturated heterocycles. The third-order valence-electron chi connectivity index (χ3n) is 6.05. The van der Waals surface area contributed by atoms with E-state index < -0.39 is 15.6 Å². The molecule has 0 spiro atoms. The van der Waals surface area contributed by atoms with Gasteiger partial charge < -0.3 is 10.2 Å². The maximum absolute atomic E-state index is 13.1. The molecule has 2 atom stereocenters. The summed E-state index contributed by atoms with van der Waals surface area (Å²) in [5.41, 5.74) is 1.21. The normalized spacial score (nSPS) is 18.5. The van der Waals surface area contributed by atoms with Crippen molar-refractivity contribution in [3.8, 4) is 11.1 Å². The summed E-state index contributed by atoms with van der Waals surface area (Å²) in [6, 6.07) is 13.9. The predicted octanol–water partition coefficient (Wildman–Crippen LogP) is 3.81. The van der Waals surface area contributed by atoms with Crippen molar-refractivity contribution in [2.75, 3.05) is 13.6 Å². The maximum atomic E-state index is 13.1. The summed E-state index contributed by atoms with van der Waals surface area (Å²) in [5, 5.41) is 2.87. The predicted molar refractivity (Wildman–Crippen MR) is 134 cm³/mol. The zero-order valence-corrected chi connectivity index (χ0v) is 21.4. The zero-order chi connectivity index (χ0) is 25.1. The molecule has 0 aromatic heterocycles. The van der Waals surface area contributed by atoms with E-state index in [1.165, 1.54) is 0 Å². The molecule has 0 bridgehead atoms. The summed E-state index contributed by atoms with van der Waals surface area (Å²) in [6.45, 7) is 7.91. The van der Waals surface area contributed by atoms with Gasteiger partial charge in [0.1, 0.15) is 0 Å². The number of benzene rings is 2. The standard InChI is InChI=1S/C26H35N3O4S/c1-6-27-24(30)20-15-16-21(17-20)29(5)25(31)19-13-11-18(12-14-19)22-9-7-8-10-23(22)34(32,33)28-26(2,3)4/h7-14,20-21,28H,6,15-17H2,1-5H3,(H,27,30). The Morgan fingerprint density at radius 1 is 1.03 bits per heavy atom. The minimum Gasteiger partial charge on any atom is -0.356 e. The largest absolute Gasteiger partial charge is 0.356 e. The van der Waals surface area contributed by atoms with Crippen LogP contribution in [0.2, 0.25) is 0 Å². The van der Waals surface area contributed by atoms with Gasteiger partial charge >= 0.3 is 0 Å². The van der Waals surface area contributed by atoms with Gasteiger partial charge in [-0.1, -0.05) is 30.3 Å². The van der Waals surface area contributed by atoms with E-state index in [-0.39, 0.29) is 28.7 Å². The summed E-state index contributed by atoms with van der Waals surface area (Å²) in [4.78, 5) is 27.1. The lowest BCUT2D eigenvalue weighted by Crippen LogP contribution is -2.40. The van der Waals surface area contributed by atoms with Gasteiger partial charge in [0.25, 0.3) is 5.91 Å². The first-order valence-corrected chi connectivity index (χ1v) is 13.2. The minimum atomic E-state index is -3.72. The molecule has 1 aliphatic carbocycles. The van der Waals surface area contributed by atoms with Crippen molar-refractivity contribution in [3.63, 3.8) is 0 Å². The Labute approximate surface area is 203 Å². The van der Waals surface area contributed by atoms with E-state index in [0.29, 0.717) is 29.7 Å². The molecule has 7 nitrogen and oxygen atoms in total. The second-order valence-electron chi connectivity index (χ2n) is 9.90. The molecule has 3 rings (SSSR count). The molecule has 2 N–H and O–H groups in total. The van der Waals surface area contributed by atoms with E-state index in [2.05, 4.69) is 10.0 Å². The Morgan fingerprint density at radius 3 is 2.29 bits per heavy atom. The van der Waals surface area contributed by atoms with Crippen LogP contribution < -0.4 is 10.0 Å². The molecule has 0 radical (unpaired) electrons. The van der Waals surface area contributed by atoms with Crippen LogP contribution in [0.5, 0.6) is 0 Å². The second kappa shape index (κ2) is 10.3. The topological polar surface area (TPSA) is 95.6 Å². The third-order valence-corrected chi connectivity index (χ3v) is 7.87. The summed E-state index contributed by atoms with van der Waals surface area (Å²) >= 11 is 0. The smallest absolute Gasteiger partial charge is 0.253 e. The van der Waals surface area contributed by atoms with Crippen LogP contribution in [0.4, 0.5) is 0 Å². The van der Waals surface area contributed by atoms with Crippen molar-refractivity contribution in [3.05, 3.63) is 54.1 Å². The fraction of sp³-hybridized carbons (Fsp3) is 0.462. The number of hydrogen-bond donors (Lipinski definition) is 2. The second-order valence-corrected chi connectivity index (χ2v) is 11.6. The lowest BCUT2D eigenvalue weighted by molar-refractivity contribution is -0.124. The molecule has 2 aromatic rings. The van der Waals surface area contributed by atoms with Crippen molar-refractivity contribution in [2.45, 2.75) is 63.4 Å². The first-order chi connectivity index (χ1) is 15.9. The molecule has 2 amide bonds. The summed E-state index contributed by atoms with van der Waals surface area (Å²) < 4.78 is 28.6. The molecule has 1 fully saturated rings. The molecule has 1 saturated carbocycles. The first kappa shape index (κ1) is 25.9. The SMILES string of the molecule is CCNC(=O)C1CCC(N(C)C(=O)c2ccc(-c3ccccc3S(=O)(=O)NC(C)(C)C)cc2)C1. The van der Waals surface area contributed by atoms with E-state index >= 15 is 0 Å². The Hall–Kier alpha value is -2.71. The average molecular weight is 486 g/mol. The molecule has 1 aliphatic rings. The quantitative estimate of drug-likeness (QED) is 0.623. The number of carbonyl (C=O) groups excluding carboxylic acids is 2. The summed E-state index contributed by atoms with van der Waals surface area (Å²) in [6.07, 6.45) is 2.24. The van der Waals surface area contributed by atoms with Gasteiger partial charge in [-0.15, -0.1) is 0 Å². The number of rotatable bonds is 7. The van der Waals surface area contributed by atoms with Crippen LogP contribution in [-0.2, 0) is 14.8 Å². The minimum absolute atomic E-state index is 0.0223. The molecule has 184 valence electrons. The number of sulfonamides is 1. The maximum Gasteiger partial charge on any atom is 0.253 e. The highest BCUT2D eigenvalue weighted by atomic mass is 32.2. The zero-order valence-electron chi connectivity index (χ0n) is 20.6. The molecule has 0 heterocycles. The number of carbonyl (C=O) groups is 2. The third kappa shape index (κ3) is 6.04. The van der Waals surface area contributed by atoms with Crippen LogP contribution in [0.1, 0.15) is 57.3 Å². The van der Waals surface area contributed by atoms with Crippen molar-refractivity contribution in [2.24, 2.45) is 5.92 Å². The van der Waals surface area contributed by atoms with Gasteiger partial charge in [-0.2, -0.15) is 0 Å². The van der Waals surface area contributed by atoms with Gasteiger partial charge in [0.15, 0.2) is 0 Å². The lowest BCUT2D eigenvalue weighted by Gasteiger charge is -2.25. The van der Waals surface area contributed by atoms with Gasteiger partial charge in [0.05, 0.1) is 4.90 Å². The Balaban J connectivity index is 1.78. The highest BCUT2D eigenvalue weighted by Gasteiger charge is 2.33. The lowest BCUT2D eigenvalue weighted by atomic mass is 10.0. The Morgan fingerprint density at radius 2 is 1.68 bits per heavy atom. The van der Waals surface area contributed by atoms with Crippen molar-refractivity contribution in [1.29, 1.82) is 0 Å². The van der Waals surface area contributed by atoms with Crippen LogP contribution in [0, 0.1) is 5.92 Å².